The second-order valence-electron chi connectivity index (χ2n) is 5.08. The van der Waals surface area contributed by atoms with Crippen molar-refractivity contribution in [3.05, 3.63) is 58.4 Å². The average Bonchev–Trinajstić information content (AvgIpc) is 2.49. The summed E-state index contributed by atoms with van der Waals surface area (Å²) in [6.07, 6.45) is 0. The molecule has 3 nitrogen and oxygen atoms in total. The van der Waals surface area contributed by atoms with E-state index in [1.165, 1.54) is 12.1 Å². The van der Waals surface area contributed by atoms with E-state index in [9.17, 15) is 9.18 Å². The normalized spacial score (nSPS) is 10.4. The maximum Gasteiger partial charge on any atom is 0.253 e. The second kappa shape index (κ2) is 6.79. The van der Waals surface area contributed by atoms with Crippen LogP contribution in [0.2, 0.25) is 5.02 Å². The Kier molecular flexibility index (Phi) is 5.03. The fraction of sp³-hybridized carbons (Fsp3) is 0.235. The first-order valence-corrected chi connectivity index (χ1v) is 7.38. The summed E-state index contributed by atoms with van der Waals surface area (Å²) in [7, 11) is 1.74. The summed E-state index contributed by atoms with van der Waals surface area (Å²) in [6.45, 7) is 4.36. The topological polar surface area (TPSA) is 32.3 Å². The number of halogens is 2. The Morgan fingerprint density at radius 2 is 2.05 bits per heavy atom. The molecule has 0 aliphatic rings. The van der Waals surface area contributed by atoms with Crippen molar-refractivity contribution in [1.82, 2.24) is 4.90 Å². The van der Waals surface area contributed by atoms with Crippen LogP contribution in [-0.4, -0.2) is 24.4 Å². The largest absolute Gasteiger partial charge is 0.355 e. The van der Waals surface area contributed by atoms with Crippen molar-refractivity contribution >= 4 is 28.9 Å². The Morgan fingerprint density at radius 1 is 1.32 bits per heavy atom. The highest BCUT2D eigenvalue weighted by Crippen LogP contribution is 2.28. The Morgan fingerprint density at radius 3 is 2.68 bits per heavy atom. The van der Waals surface area contributed by atoms with E-state index in [0.717, 1.165) is 5.56 Å². The van der Waals surface area contributed by atoms with Gasteiger partial charge in [-0.25, -0.2) is 4.39 Å². The molecule has 0 saturated carbocycles. The van der Waals surface area contributed by atoms with Gasteiger partial charge in [0.25, 0.3) is 5.91 Å². The predicted molar refractivity (Wildman–Crippen MR) is 88.5 cm³/mol. The number of nitrogens with zero attached hydrogens (tertiary/aromatic N) is 1. The molecule has 116 valence electrons. The minimum Gasteiger partial charge on any atom is -0.355 e. The highest BCUT2D eigenvalue weighted by atomic mass is 35.5. The molecular formula is C17H18ClFN2O. The molecule has 0 heterocycles. The van der Waals surface area contributed by atoms with Gasteiger partial charge in [-0.05, 0) is 49.7 Å². The highest BCUT2D eigenvalue weighted by molar-refractivity contribution is 6.31. The SMILES string of the molecule is CCN(C)C(=O)c1cc(Cl)cc(Nc2cccc(F)c2)c1C. The molecule has 0 aromatic heterocycles. The Bertz CT molecular complexity index is 703. The molecule has 0 aliphatic carbocycles. The van der Waals surface area contributed by atoms with Crippen LogP contribution in [0.25, 0.3) is 0 Å². The molecule has 0 bridgehead atoms. The summed E-state index contributed by atoms with van der Waals surface area (Å²) < 4.78 is 13.3. The van der Waals surface area contributed by atoms with Crippen molar-refractivity contribution in [3.8, 4) is 0 Å². The standard InChI is InChI=1S/C17H18ClFN2O/c1-4-21(3)17(22)15-8-12(18)9-16(11(15)2)20-14-7-5-6-13(19)10-14/h5-10,20H,4H2,1-3H3. The van der Waals surface area contributed by atoms with Gasteiger partial charge < -0.3 is 10.2 Å². The lowest BCUT2D eigenvalue weighted by atomic mass is 10.0. The summed E-state index contributed by atoms with van der Waals surface area (Å²) in [5, 5.41) is 3.57. The number of hydrogen-bond acceptors (Lipinski definition) is 2. The molecular weight excluding hydrogens is 303 g/mol. The molecule has 5 heteroatoms. The van der Waals surface area contributed by atoms with Gasteiger partial charge in [0.1, 0.15) is 5.82 Å². The van der Waals surface area contributed by atoms with Crippen LogP contribution in [0.5, 0.6) is 0 Å². The maximum absolute atomic E-state index is 13.3. The zero-order chi connectivity index (χ0) is 16.3. The summed E-state index contributed by atoms with van der Waals surface area (Å²) in [5.41, 5.74) is 2.60. The number of carbonyl (C=O) groups is 1. The van der Waals surface area contributed by atoms with Crippen LogP contribution in [0.1, 0.15) is 22.8 Å². The van der Waals surface area contributed by atoms with E-state index in [-0.39, 0.29) is 11.7 Å². The van der Waals surface area contributed by atoms with Gasteiger partial charge in [0.15, 0.2) is 0 Å². The third kappa shape index (κ3) is 3.57. The van der Waals surface area contributed by atoms with Gasteiger partial charge in [0.05, 0.1) is 0 Å². The molecule has 0 aliphatic heterocycles. The molecule has 2 aromatic carbocycles. The van der Waals surface area contributed by atoms with Crippen molar-refractivity contribution in [2.45, 2.75) is 13.8 Å². The van der Waals surface area contributed by atoms with Crippen LogP contribution in [-0.2, 0) is 0 Å². The molecule has 0 radical (unpaired) electrons. The van der Waals surface area contributed by atoms with Crippen LogP contribution in [0, 0.1) is 12.7 Å². The first-order valence-electron chi connectivity index (χ1n) is 7.00. The Hall–Kier alpha value is -2.07. The van der Waals surface area contributed by atoms with E-state index in [2.05, 4.69) is 5.32 Å². The van der Waals surface area contributed by atoms with E-state index >= 15 is 0 Å². The number of rotatable bonds is 4. The van der Waals surface area contributed by atoms with Crippen LogP contribution in [0.15, 0.2) is 36.4 Å². The van der Waals surface area contributed by atoms with Crippen molar-refractivity contribution in [1.29, 1.82) is 0 Å². The predicted octanol–water partition coefficient (Wildman–Crippen LogP) is 4.62. The lowest BCUT2D eigenvalue weighted by Gasteiger charge is -2.19. The molecule has 0 saturated heterocycles. The van der Waals surface area contributed by atoms with Crippen LogP contribution in [0.3, 0.4) is 0 Å². The first-order chi connectivity index (χ1) is 10.4. The number of carbonyl (C=O) groups excluding carboxylic acids is 1. The fourth-order valence-electron chi connectivity index (χ4n) is 2.10. The van der Waals surface area contributed by atoms with Crippen LogP contribution in [0.4, 0.5) is 15.8 Å². The van der Waals surface area contributed by atoms with E-state index in [1.54, 1.807) is 36.2 Å². The molecule has 22 heavy (non-hydrogen) atoms. The van der Waals surface area contributed by atoms with Gasteiger partial charge in [-0.1, -0.05) is 17.7 Å². The smallest absolute Gasteiger partial charge is 0.253 e. The highest BCUT2D eigenvalue weighted by Gasteiger charge is 2.16. The summed E-state index contributed by atoms with van der Waals surface area (Å²) >= 11 is 6.13. The first kappa shape index (κ1) is 16.3. The number of benzene rings is 2. The summed E-state index contributed by atoms with van der Waals surface area (Å²) in [5.74, 6) is -0.420. The second-order valence-corrected chi connectivity index (χ2v) is 5.52. The molecule has 0 spiro atoms. The van der Waals surface area contributed by atoms with Gasteiger partial charge in [0.2, 0.25) is 0 Å². The molecule has 2 aromatic rings. The van der Waals surface area contributed by atoms with Crippen molar-refractivity contribution in [3.63, 3.8) is 0 Å². The van der Waals surface area contributed by atoms with Crippen molar-refractivity contribution < 1.29 is 9.18 Å². The van der Waals surface area contributed by atoms with E-state index < -0.39 is 0 Å². The Balaban J connectivity index is 2.40. The van der Waals surface area contributed by atoms with Gasteiger partial charge in [-0.3, -0.25) is 4.79 Å². The number of nitrogens with one attached hydrogen (secondary N) is 1. The minimum atomic E-state index is -0.327. The molecule has 0 atom stereocenters. The van der Waals surface area contributed by atoms with Gasteiger partial charge in [-0.15, -0.1) is 0 Å². The Labute approximate surface area is 134 Å². The van der Waals surface area contributed by atoms with Crippen molar-refractivity contribution in [2.75, 3.05) is 18.9 Å². The number of hydrogen-bond donors (Lipinski definition) is 1. The number of amides is 1. The van der Waals surface area contributed by atoms with Gasteiger partial charge in [-0.2, -0.15) is 0 Å². The minimum absolute atomic E-state index is 0.0928. The van der Waals surface area contributed by atoms with Crippen LogP contribution < -0.4 is 5.32 Å². The van der Waals surface area contributed by atoms with E-state index in [0.29, 0.717) is 28.5 Å². The molecule has 1 N–H and O–H groups in total. The lowest BCUT2D eigenvalue weighted by molar-refractivity contribution is 0.0802. The maximum atomic E-state index is 13.3. The molecule has 0 unspecified atom stereocenters. The average molecular weight is 321 g/mol. The van der Waals surface area contributed by atoms with Crippen LogP contribution >= 0.6 is 11.6 Å². The number of anilines is 2. The van der Waals surface area contributed by atoms with Gasteiger partial charge >= 0.3 is 0 Å². The van der Waals surface area contributed by atoms with E-state index in [4.69, 9.17) is 11.6 Å². The lowest BCUT2D eigenvalue weighted by Crippen LogP contribution is -2.27. The molecule has 2 rings (SSSR count). The molecule has 1 amide bonds. The summed E-state index contributed by atoms with van der Waals surface area (Å²) in [4.78, 5) is 14.0. The zero-order valence-corrected chi connectivity index (χ0v) is 13.5. The van der Waals surface area contributed by atoms with Gasteiger partial charge in [0, 0.05) is 35.6 Å². The fourth-order valence-corrected chi connectivity index (χ4v) is 2.32. The zero-order valence-electron chi connectivity index (χ0n) is 12.8. The molecule has 0 fully saturated rings. The monoisotopic (exact) mass is 320 g/mol. The quantitative estimate of drug-likeness (QED) is 0.891. The van der Waals surface area contributed by atoms with Crippen molar-refractivity contribution in [2.24, 2.45) is 0 Å². The van der Waals surface area contributed by atoms with E-state index in [1.807, 2.05) is 13.8 Å². The third-order valence-electron chi connectivity index (χ3n) is 3.53. The third-order valence-corrected chi connectivity index (χ3v) is 3.75. The summed E-state index contributed by atoms with van der Waals surface area (Å²) in [6, 6.07) is 9.52.